The van der Waals surface area contributed by atoms with Gasteiger partial charge in [0, 0.05) is 12.1 Å². The summed E-state index contributed by atoms with van der Waals surface area (Å²) in [5.41, 5.74) is -0.228. The molecule has 11 heteroatoms. The fourth-order valence-corrected chi connectivity index (χ4v) is 3.58. The Kier molecular flexibility index (Phi) is 6.33. The van der Waals surface area contributed by atoms with Crippen LogP contribution in [0.25, 0.3) is 0 Å². The van der Waals surface area contributed by atoms with Crippen molar-refractivity contribution in [1.82, 2.24) is 4.90 Å². The van der Waals surface area contributed by atoms with Crippen molar-refractivity contribution in [2.24, 2.45) is 11.8 Å². The number of carbonyl (C=O) groups excluding carboxylic acids is 4. The molecular weight excluding hydrogens is 410 g/mol. The zero-order valence-corrected chi connectivity index (χ0v) is 16.9. The third-order valence-corrected chi connectivity index (χ3v) is 5.22. The highest BCUT2D eigenvalue weighted by atomic mass is 16.6. The molecule has 2 aliphatic rings. The Hall–Kier alpha value is -3.76. The van der Waals surface area contributed by atoms with Crippen LogP contribution >= 0.6 is 0 Å². The zero-order valence-electron chi connectivity index (χ0n) is 16.9. The molecule has 3 rings (SSSR count). The summed E-state index contributed by atoms with van der Waals surface area (Å²) in [5.74, 6) is -3.27. The number of hydrogen-bond acceptors (Lipinski definition) is 8. The molecule has 11 nitrogen and oxygen atoms in total. The lowest BCUT2D eigenvalue weighted by molar-refractivity contribution is -0.384. The van der Waals surface area contributed by atoms with Crippen LogP contribution in [0.4, 0.5) is 11.4 Å². The van der Waals surface area contributed by atoms with Gasteiger partial charge in [-0.05, 0) is 25.8 Å². The van der Waals surface area contributed by atoms with Crippen molar-refractivity contribution in [2.45, 2.75) is 25.9 Å². The van der Waals surface area contributed by atoms with E-state index in [2.05, 4.69) is 5.32 Å². The van der Waals surface area contributed by atoms with Crippen LogP contribution in [-0.2, 0) is 23.9 Å². The van der Waals surface area contributed by atoms with Crippen LogP contribution in [-0.4, -0.2) is 53.3 Å². The molecule has 0 saturated carbocycles. The second-order valence-corrected chi connectivity index (χ2v) is 7.18. The third kappa shape index (κ3) is 4.55. The molecule has 3 amide bonds. The molecule has 1 aromatic carbocycles. The number of nitro benzene ring substituents is 1. The second kappa shape index (κ2) is 8.94. The maximum atomic E-state index is 12.4. The molecule has 3 atom stereocenters. The van der Waals surface area contributed by atoms with Crippen LogP contribution in [0.15, 0.2) is 30.4 Å². The van der Waals surface area contributed by atoms with Crippen LogP contribution in [0.3, 0.4) is 0 Å². The lowest BCUT2D eigenvalue weighted by Gasteiger charge is -2.17. The van der Waals surface area contributed by atoms with Crippen LogP contribution in [0.2, 0.25) is 0 Å². The molecule has 0 aromatic heterocycles. The third-order valence-electron chi connectivity index (χ3n) is 5.22. The molecule has 164 valence electrons. The van der Waals surface area contributed by atoms with Gasteiger partial charge in [-0.3, -0.25) is 34.2 Å². The smallest absolute Gasteiger partial charge is 0.326 e. The van der Waals surface area contributed by atoms with E-state index in [-0.39, 0.29) is 17.1 Å². The van der Waals surface area contributed by atoms with E-state index in [0.717, 1.165) is 11.0 Å². The molecule has 0 radical (unpaired) electrons. The molecular formula is C20H21N3O8. The van der Waals surface area contributed by atoms with E-state index in [1.807, 2.05) is 12.2 Å². The van der Waals surface area contributed by atoms with Gasteiger partial charge in [0.15, 0.2) is 6.10 Å². The van der Waals surface area contributed by atoms with Crippen molar-refractivity contribution in [3.63, 3.8) is 0 Å². The Balaban J connectivity index is 1.61. The largest absolute Gasteiger partial charge is 0.495 e. The molecule has 1 aromatic rings. The Morgan fingerprint density at radius 2 is 1.84 bits per heavy atom. The van der Waals surface area contributed by atoms with Crippen molar-refractivity contribution in [1.29, 1.82) is 0 Å². The van der Waals surface area contributed by atoms with E-state index in [4.69, 9.17) is 9.47 Å². The summed E-state index contributed by atoms with van der Waals surface area (Å²) < 4.78 is 10.1. The number of imide groups is 1. The average Bonchev–Trinajstić information content (AvgIpc) is 2.98. The van der Waals surface area contributed by atoms with Crippen molar-refractivity contribution in [3.05, 3.63) is 40.5 Å². The van der Waals surface area contributed by atoms with Crippen molar-refractivity contribution < 1.29 is 33.6 Å². The summed E-state index contributed by atoms with van der Waals surface area (Å²) in [4.78, 5) is 60.7. The van der Waals surface area contributed by atoms with Gasteiger partial charge < -0.3 is 14.8 Å². The molecule has 0 bridgehead atoms. The number of allylic oxidation sites excluding steroid dienone is 2. The quantitative estimate of drug-likeness (QED) is 0.224. The molecule has 1 aliphatic heterocycles. The van der Waals surface area contributed by atoms with E-state index in [9.17, 15) is 29.3 Å². The highest BCUT2D eigenvalue weighted by molar-refractivity contribution is 6.07. The van der Waals surface area contributed by atoms with E-state index in [1.165, 1.54) is 26.2 Å². The van der Waals surface area contributed by atoms with Gasteiger partial charge in [-0.15, -0.1) is 0 Å². The first-order chi connectivity index (χ1) is 14.7. The van der Waals surface area contributed by atoms with E-state index in [0.29, 0.717) is 12.8 Å². The molecule has 1 saturated heterocycles. The Bertz CT molecular complexity index is 947. The summed E-state index contributed by atoms with van der Waals surface area (Å²) in [5, 5.41) is 13.4. The monoisotopic (exact) mass is 431 g/mol. The predicted octanol–water partition coefficient (Wildman–Crippen LogP) is 1.42. The molecule has 1 fully saturated rings. The number of rotatable bonds is 7. The Morgan fingerprint density at radius 3 is 2.39 bits per heavy atom. The SMILES string of the molecule is COc1ccc([N+](=O)[O-])cc1NC(=O)[C@@H](C)OC(=O)CN1C(=O)[C@H]2CC=CC[C@@H]2C1=O. The minimum atomic E-state index is -1.28. The van der Waals surface area contributed by atoms with Gasteiger partial charge in [0.2, 0.25) is 11.8 Å². The number of esters is 1. The molecule has 0 spiro atoms. The highest BCUT2D eigenvalue weighted by Gasteiger charge is 2.47. The van der Waals surface area contributed by atoms with E-state index >= 15 is 0 Å². The fourth-order valence-electron chi connectivity index (χ4n) is 3.58. The topological polar surface area (TPSA) is 145 Å². The number of methoxy groups -OCH3 is 1. The normalized spacial score (nSPS) is 20.8. The summed E-state index contributed by atoms with van der Waals surface area (Å²) in [6, 6.07) is 3.65. The Labute approximate surface area is 177 Å². The number of amides is 3. The number of nitro groups is 1. The number of carbonyl (C=O) groups is 4. The minimum Gasteiger partial charge on any atom is -0.495 e. The van der Waals surface area contributed by atoms with Crippen LogP contribution in [0.1, 0.15) is 19.8 Å². The fraction of sp³-hybridized carbons (Fsp3) is 0.400. The zero-order chi connectivity index (χ0) is 22.7. The van der Waals surface area contributed by atoms with Gasteiger partial charge in [0.05, 0.1) is 29.6 Å². The summed E-state index contributed by atoms with van der Waals surface area (Å²) >= 11 is 0. The number of hydrogen-bond donors (Lipinski definition) is 1. The number of benzene rings is 1. The number of non-ortho nitro benzene ring substituents is 1. The van der Waals surface area contributed by atoms with Gasteiger partial charge in [-0.1, -0.05) is 12.2 Å². The predicted molar refractivity (Wildman–Crippen MR) is 106 cm³/mol. The number of likely N-dealkylation sites (tertiary alicyclic amines) is 1. The molecule has 1 N–H and O–H groups in total. The number of ether oxygens (including phenoxy) is 2. The molecule has 31 heavy (non-hydrogen) atoms. The molecule has 1 aliphatic carbocycles. The first-order valence-corrected chi connectivity index (χ1v) is 9.56. The number of anilines is 1. The number of nitrogens with one attached hydrogen (secondary N) is 1. The summed E-state index contributed by atoms with van der Waals surface area (Å²) in [6.45, 7) is 0.719. The first kappa shape index (κ1) is 21.9. The standard InChI is InChI=1S/C20H21N3O8/c1-11(18(25)21-15-9-12(23(28)29)7-8-16(15)30-2)31-17(24)10-22-19(26)13-5-3-4-6-14(13)20(22)27/h3-4,7-9,11,13-14H,5-6,10H2,1-2H3,(H,21,25)/t11-,13+,14+/m1/s1. The molecule has 1 heterocycles. The van der Waals surface area contributed by atoms with Gasteiger partial charge in [-0.2, -0.15) is 0 Å². The van der Waals surface area contributed by atoms with Crippen molar-refractivity contribution >= 4 is 35.1 Å². The lowest BCUT2D eigenvalue weighted by Crippen LogP contribution is -2.39. The van der Waals surface area contributed by atoms with Gasteiger partial charge >= 0.3 is 5.97 Å². The van der Waals surface area contributed by atoms with Gasteiger partial charge in [0.25, 0.3) is 11.6 Å². The minimum absolute atomic E-state index is 0.0334. The van der Waals surface area contributed by atoms with Crippen LogP contribution < -0.4 is 10.1 Å². The van der Waals surface area contributed by atoms with E-state index < -0.39 is 53.1 Å². The Morgan fingerprint density at radius 1 is 1.23 bits per heavy atom. The average molecular weight is 431 g/mol. The lowest BCUT2D eigenvalue weighted by atomic mass is 9.85. The van der Waals surface area contributed by atoms with Crippen LogP contribution in [0.5, 0.6) is 5.75 Å². The maximum Gasteiger partial charge on any atom is 0.326 e. The highest BCUT2D eigenvalue weighted by Crippen LogP contribution is 2.35. The summed E-state index contributed by atoms with van der Waals surface area (Å²) in [6.07, 6.45) is 3.29. The molecule has 0 unspecified atom stereocenters. The van der Waals surface area contributed by atoms with Crippen molar-refractivity contribution in [3.8, 4) is 5.75 Å². The number of nitrogens with zero attached hydrogens (tertiary/aromatic N) is 2. The van der Waals surface area contributed by atoms with Gasteiger partial charge in [-0.25, -0.2) is 0 Å². The first-order valence-electron chi connectivity index (χ1n) is 9.56. The van der Waals surface area contributed by atoms with Crippen molar-refractivity contribution in [2.75, 3.05) is 19.0 Å². The number of fused-ring (bicyclic) bond motifs is 1. The van der Waals surface area contributed by atoms with Crippen LogP contribution in [0, 0.1) is 22.0 Å². The van der Waals surface area contributed by atoms with E-state index in [1.54, 1.807) is 0 Å². The van der Waals surface area contributed by atoms with Gasteiger partial charge in [0.1, 0.15) is 12.3 Å². The second-order valence-electron chi connectivity index (χ2n) is 7.18. The maximum absolute atomic E-state index is 12.4. The summed E-state index contributed by atoms with van der Waals surface area (Å²) in [7, 11) is 1.33.